The topological polar surface area (TPSA) is 177 Å². The van der Waals surface area contributed by atoms with Gasteiger partial charge in [-0.25, -0.2) is 38.7 Å². The lowest BCUT2D eigenvalue weighted by atomic mass is 10.0. The molecule has 1 saturated carbocycles. The molecular formula is C39H44ClF2N11O. The summed E-state index contributed by atoms with van der Waals surface area (Å²) in [5, 5.41) is 16.2. The summed E-state index contributed by atoms with van der Waals surface area (Å²) in [6, 6.07) is 17.6. The molecule has 282 valence electrons. The number of pyridine rings is 2. The Morgan fingerprint density at radius 3 is 1.85 bits per heavy atom. The highest BCUT2D eigenvalue weighted by atomic mass is 35.5. The Hall–Kier alpha value is -4.99. The number of aliphatic hydroxyl groups is 1. The molecule has 0 amide bonds. The Morgan fingerprint density at radius 2 is 1.33 bits per heavy atom. The molecule has 1 atom stereocenters. The highest BCUT2D eigenvalue weighted by molar-refractivity contribution is 5.87. The lowest BCUT2D eigenvalue weighted by molar-refractivity contribution is 0.181. The van der Waals surface area contributed by atoms with Gasteiger partial charge < -0.3 is 32.1 Å². The Labute approximate surface area is 318 Å². The number of nitrogens with one attached hydrogen (secondary N) is 2. The normalized spacial score (nSPS) is 16.4. The molecule has 12 nitrogen and oxygen atoms in total. The van der Waals surface area contributed by atoms with Gasteiger partial charge in [-0.05, 0) is 111 Å². The van der Waals surface area contributed by atoms with Crippen molar-refractivity contribution in [3.63, 3.8) is 0 Å². The van der Waals surface area contributed by atoms with Gasteiger partial charge in [0.1, 0.15) is 35.3 Å². The van der Waals surface area contributed by atoms with E-state index < -0.39 is 0 Å². The number of nitrogens with two attached hydrogens (primary N) is 2. The Morgan fingerprint density at radius 1 is 0.778 bits per heavy atom. The van der Waals surface area contributed by atoms with E-state index in [0.29, 0.717) is 69.8 Å². The van der Waals surface area contributed by atoms with Crippen molar-refractivity contribution in [1.29, 1.82) is 0 Å². The Balaban J connectivity index is 0.000000182. The van der Waals surface area contributed by atoms with Crippen molar-refractivity contribution in [3.05, 3.63) is 96.1 Å². The maximum atomic E-state index is 14.2. The minimum Gasteiger partial charge on any atom is -0.394 e. The molecule has 7 N–H and O–H groups in total. The van der Waals surface area contributed by atoms with Gasteiger partial charge in [-0.15, -0.1) is 12.4 Å². The molecule has 0 radical (unpaired) electrons. The van der Waals surface area contributed by atoms with Crippen LogP contribution in [0.4, 0.5) is 20.4 Å². The van der Waals surface area contributed by atoms with E-state index in [-0.39, 0.29) is 36.2 Å². The van der Waals surface area contributed by atoms with Crippen molar-refractivity contribution in [2.24, 2.45) is 0 Å². The third kappa shape index (κ3) is 9.20. The molecule has 2 fully saturated rings. The van der Waals surface area contributed by atoms with Crippen LogP contribution < -0.4 is 22.1 Å². The molecule has 1 unspecified atom stereocenters. The summed E-state index contributed by atoms with van der Waals surface area (Å²) in [7, 11) is 2.17. The lowest BCUT2D eigenvalue weighted by Gasteiger charge is -2.32. The van der Waals surface area contributed by atoms with E-state index in [4.69, 9.17) is 11.5 Å². The fourth-order valence-electron chi connectivity index (χ4n) is 6.66. The zero-order chi connectivity index (χ0) is 37.0. The number of rotatable bonds is 10. The first-order chi connectivity index (χ1) is 25.7. The number of aliphatic hydroxyl groups excluding tert-OH is 1. The predicted octanol–water partition coefficient (Wildman–Crippen LogP) is 5.44. The predicted molar refractivity (Wildman–Crippen MR) is 209 cm³/mol. The molecular weight excluding hydrogens is 712 g/mol. The van der Waals surface area contributed by atoms with Crippen molar-refractivity contribution in [2.45, 2.75) is 56.8 Å². The highest BCUT2D eigenvalue weighted by Crippen LogP contribution is 2.35. The van der Waals surface area contributed by atoms with Gasteiger partial charge in [0.25, 0.3) is 0 Å². The number of likely N-dealkylation sites (N-methyl/N-ethyl adjacent to an activating group) is 1. The Kier molecular flexibility index (Phi) is 12.2. The van der Waals surface area contributed by atoms with E-state index in [1.165, 1.54) is 50.1 Å². The molecule has 0 spiro atoms. The van der Waals surface area contributed by atoms with Crippen LogP contribution in [0.1, 0.15) is 43.2 Å². The summed E-state index contributed by atoms with van der Waals surface area (Å²) in [6.07, 6.45) is 8.45. The second-order valence-electron chi connectivity index (χ2n) is 13.9. The van der Waals surface area contributed by atoms with E-state index in [2.05, 4.69) is 52.5 Å². The molecule has 2 aliphatic rings. The largest absolute Gasteiger partial charge is 0.394 e. The van der Waals surface area contributed by atoms with Crippen LogP contribution in [-0.2, 0) is 13.1 Å². The number of aromatic nitrogens is 6. The first-order valence-electron chi connectivity index (χ1n) is 17.8. The molecule has 1 saturated heterocycles. The number of benzene rings is 2. The molecule has 2 aromatic carbocycles. The minimum absolute atomic E-state index is 0. The maximum absolute atomic E-state index is 14.2. The minimum atomic E-state index is -0.331. The second kappa shape index (κ2) is 17.0. The average molecular weight is 756 g/mol. The van der Waals surface area contributed by atoms with Crippen LogP contribution in [0.15, 0.2) is 73.3 Å². The van der Waals surface area contributed by atoms with Gasteiger partial charge in [-0.1, -0.05) is 6.42 Å². The quantitative estimate of drug-likeness (QED) is 0.120. The van der Waals surface area contributed by atoms with Crippen molar-refractivity contribution in [3.8, 4) is 22.5 Å². The maximum Gasteiger partial charge on any atom is 0.153 e. The van der Waals surface area contributed by atoms with E-state index in [9.17, 15) is 13.9 Å². The average Bonchev–Trinajstić information content (AvgIpc) is 3.95. The SMILES string of the molecule is CN1CCCCC1CNCc1cc(F)cc(-c2ccc3ncnc(N)c3n2)c1.Cl.Nc1ncnc2ccc(-c3cc(F)cc(CNC4(CO)CC4)c3)nc12. The Bertz CT molecular complexity index is 2240. The number of piperidine rings is 1. The van der Waals surface area contributed by atoms with E-state index in [1.54, 1.807) is 18.2 Å². The van der Waals surface area contributed by atoms with Crippen LogP contribution >= 0.6 is 12.4 Å². The summed E-state index contributed by atoms with van der Waals surface area (Å²) in [5.74, 6) is 0.0103. The number of hydrogen-bond donors (Lipinski definition) is 5. The first kappa shape index (κ1) is 38.7. The summed E-state index contributed by atoms with van der Waals surface area (Å²) in [6.45, 7) is 3.26. The fraction of sp³-hybridized carbons (Fsp3) is 0.333. The standard InChI is InChI=1S/C21H25FN6.C18H18FN5O.ClH/c1-28-7-3-2-4-17(28)12-24-11-14-8-15(10-16(22)9-14)18-5-6-19-20(27-18)21(23)26-13-25-19;19-13-6-11(8-23-18(9-25)3-4-18)5-12(7-13)14-1-2-15-16(24-14)17(20)22-10-21-15;/h5-6,8-10,13,17,24H,2-4,7,11-12H2,1H3,(H2,23,25,26);1-2,5-7,10,23,25H,3-4,8-9H2,(H2,20,21,22);1H. The molecule has 1 aliphatic heterocycles. The van der Waals surface area contributed by atoms with Gasteiger partial charge in [-0.2, -0.15) is 0 Å². The zero-order valence-corrected chi connectivity index (χ0v) is 30.8. The summed E-state index contributed by atoms with van der Waals surface area (Å²) in [5.41, 5.74) is 18.3. The molecule has 15 heteroatoms. The molecule has 0 bridgehead atoms. The molecule has 4 aromatic heterocycles. The number of fused-ring (bicyclic) bond motifs is 2. The highest BCUT2D eigenvalue weighted by Gasteiger charge is 2.41. The molecule has 6 aromatic rings. The number of nitrogen functional groups attached to an aromatic ring is 2. The number of hydrogen-bond acceptors (Lipinski definition) is 12. The molecule has 8 rings (SSSR count). The van der Waals surface area contributed by atoms with Crippen LogP contribution in [0, 0.1) is 11.6 Å². The van der Waals surface area contributed by atoms with Crippen LogP contribution in [0.5, 0.6) is 0 Å². The van der Waals surface area contributed by atoms with Crippen molar-refractivity contribution in [2.75, 3.05) is 38.2 Å². The van der Waals surface area contributed by atoms with E-state index in [0.717, 1.165) is 42.6 Å². The third-order valence-corrected chi connectivity index (χ3v) is 9.98. The zero-order valence-electron chi connectivity index (χ0n) is 30.0. The van der Waals surface area contributed by atoms with E-state index in [1.807, 2.05) is 24.3 Å². The van der Waals surface area contributed by atoms with Gasteiger partial charge in [0, 0.05) is 42.3 Å². The van der Waals surface area contributed by atoms with Crippen LogP contribution in [0.25, 0.3) is 44.6 Å². The summed E-state index contributed by atoms with van der Waals surface area (Å²) in [4.78, 5) is 27.7. The summed E-state index contributed by atoms with van der Waals surface area (Å²) < 4.78 is 28.3. The van der Waals surface area contributed by atoms with Gasteiger partial charge in [0.15, 0.2) is 11.6 Å². The van der Waals surface area contributed by atoms with Gasteiger partial charge in [0.2, 0.25) is 0 Å². The smallest absolute Gasteiger partial charge is 0.153 e. The number of anilines is 2. The summed E-state index contributed by atoms with van der Waals surface area (Å²) >= 11 is 0. The number of likely N-dealkylation sites (tertiary alicyclic amines) is 1. The molecule has 1 aliphatic carbocycles. The fourth-order valence-corrected chi connectivity index (χ4v) is 6.66. The van der Waals surface area contributed by atoms with Crippen molar-refractivity contribution < 1.29 is 13.9 Å². The monoisotopic (exact) mass is 755 g/mol. The van der Waals surface area contributed by atoms with Gasteiger partial charge in [-0.3, -0.25) is 0 Å². The van der Waals surface area contributed by atoms with Crippen LogP contribution in [-0.4, -0.2) is 78.2 Å². The van der Waals surface area contributed by atoms with Crippen molar-refractivity contribution >= 4 is 46.1 Å². The van der Waals surface area contributed by atoms with Gasteiger partial charge >= 0.3 is 0 Å². The third-order valence-electron chi connectivity index (χ3n) is 9.98. The van der Waals surface area contributed by atoms with Crippen LogP contribution in [0.3, 0.4) is 0 Å². The molecule has 54 heavy (non-hydrogen) atoms. The first-order valence-corrected chi connectivity index (χ1v) is 17.8. The van der Waals surface area contributed by atoms with E-state index >= 15 is 0 Å². The second-order valence-corrected chi connectivity index (χ2v) is 13.9. The van der Waals surface area contributed by atoms with Crippen LogP contribution in [0.2, 0.25) is 0 Å². The molecule has 5 heterocycles. The number of halogens is 3. The van der Waals surface area contributed by atoms with Crippen molar-refractivity contribution in [1.82, 2.24) is 45.4 Å². The number of nitrogens with zero attached hydrogens (tertiary/aromatic N) is 7. The van der Waals surface area contributed by atoms with Gasteiger partial charge in [0.05, 0.1) is 29.0 Å². The lowest BCUT2D eigenvalue weighted by Crippen LogP contribution is -2.42.